The molecule has 0 saturated carbocycles. The average Bonchev–Trinajstić information content (AvgIpc) is 3.63. The van der Waals surface area contributed by atoms with Crippen molar-refractivity contribution in [1.29, 1.82) is 0 Å². The number of rotatable bonds is 10. The maximum Gasteiger partial charge on any atom is 0.262 e. The second-order valence-electron chi connectivity index (χ2n) is 9.04. The van der Waals surface area contributed by atoms with Crippen LogP contribution in [0.15, 0.2) is 94.4 Å². The zero-order valence-electron chi connectivity index (χ0n) is 22.2. The molecule has 1 saturated heterocycles. The van der Waals surface area contributed by atoms with Gasteiger partial charge in [-0.3, -0.25) is 14.3 Å². The topological polar surface area (TPSA) is 127 Å². The summed E-state index contributed by atoms with van der Waals surface area (Å²) in [6.07, 6.45) is 1.58. The van der Waals surface area contributed by atoms with Gasteiger partial charge in [-0.15, -0.1) is 11.8 Å². The number of sulfonamides is 1. The Labute approximate surface area is 241 Å². The molecule has 41 heavy (non-hydrogen) atoms. The highest BCUT2D eigenvalue weighted by atomic mass is 32.2. The fraction of sp³-hybridized carbons (Fsp3) is 0.172. The van der Waals surface area contributed by atoms with Crippen LogP contribution >= 0.6 is 11.8 Å². The number of methoxy groups -OCH3 is 2. The minimum atomic E-state index is -3.94. The average molecular weight is 594 g/mol. The first-order chi connectivity index (χ1) is 19.8. The van der Waals surface area contributed by atoms with Crippen LogP contribution in [-0.2, 0) is 21.4 Å². The summed E-state index contributed by atoms with van der Waals surface area (Å²) in [6, 6.07) is 21.3. The Morgan fingerprint density at radius 3 is 2.44 bits per heavy atom. The van der Waals surface area contributed by atoms with Gasteiger partial charge in [0.2, 0.25) is 5.91 Å². The fourth-order valence-corrected chi connectivity index (χ4v) is 6.54. The molecule has 1 aliphatic heterocycles. The first kappa shape index (κ1) is 28.1. The second-order valence-corrected chi connectivity index (χ2v) is 11.8. The van der Waals surface area contributed by atoms with E-state index in [9.17, 15) is 18.0 Å². The Bertz CT molecular complexity index is 1640. The number of benzene rings is 3. The normalized spacial score (nSPS) is 15.0. The number of furan rings is 1. The van der Waals surface area contributed by atoms with Crippen molar-refractivity contribution >= 4 is 45.0 Å². The Kier molecular flexibility index (Phi) is 8.22. The van der Waals surface area contributed by atoms with Crippen molar-refractivity contribution in [2.75, 3.05) is 30.0 Å². The van der Waals surface area contributed by atoms with Crippen molar-refractivity contribution in [2.45, 2.75) is 16.8 Å². The van der Waals surface area contributed by atoms with Crippen LogP contribution in [0, 0.1) is 0 Å². The standard InChI is InChI=1S/C29H27N3O7S2/c1-37-22-11-14-26(38-2)25(16-22)31-41(35,36)24-12-9-21(10-13-24)30-28(34)19-5-7-20(8-6-19)29-32(27(33)18-40-29)17-23-4-3-15-39-23/h3-16,29,31H,17-18H2,1-2H3,(H,30,34)/t29-/m1/s1. The largest absolute Gasteiger partial charge is 0.497 e. The molecular formula is C29H27N3O7S2. The first-order valence-corrected chi connectivity index (χ1v) is 15.0. The summed E-state index contributed by atoms with van der Waals surface area (Å²) in [7, 11) is -1.02. The van der Waals surface area contributed by atoms with Crippen LogP contribution in [-0.4, -0.2) is 45.1 Å². The number of carbonyl (C=O) groups is 2. The molecule has 2 N–H and O–H groups in total. The lowest BCUT2D eigenvalue weighted by molar-refractivity contribution is -0.128. The van der Waals surface area contributed by atoms with Crippen LogP contribution < -0.4 is 19.5 Å². The molecule has 4 aromatic rings. The lowest BCUT2D eigenvalue weighted by Gasteiger charge is -2.23. The number of nitrogens with one attached hydrogen (secondary N) is 2. The molecule has 1 aromatic heterocycles. The Morgan fingerprint density at radius 1 is 1.02 bits per heavy atom. The maximum absolute atomic E-state index is 13.0. The number of thioether (sulfide) groups is 1. The second kappa shape index (κ2) is 12.0. The van der Waals surface area contributed by atoms with Crippen molar-refractivity contribution in [3.63, 3.8) is 0 Å². The fourth-order valence-electron chi connectivity index (χ4n) is 4.29. The predicted molar refractivity (Wildman–Crippen MR) is 156 cm³/mol. The van der Waals surface area contributed by atoms with Crippen LogP contribution in [0.4, 0.5) is 11.4 Å². The van der Waals surface area contributed by atoms with E-state index in [4.69, 9.17) is 13.9 Å². The van der Waals surface area contributed by atoms with Crippen LogP contribution in [0.2, 0.25) is 0 Å². The molecule has 0 radical (unpaired) electrons. The van der Waals surface area contributed by atoms with E-state index in [1.807, 2.05) is 18.2 Å². The van der Waals surface area contributed by atoms with Gasteiger partial charge in [-0.05, 0) is 66.2 Å². The Morgan fingerprint density at radius 2 is 1.78 bits per heavy atom. The molecule has 3 aromatic carbocycles. The number of nitrogens with zero attached hydrogens (tertiary/aromatic N) is 1. The molecule has 1 atom stereocenters. The van der Waals surface area contributed by atoms with E-state index in [-0.39, 0.29) is 27.8 Å². The zero-order valence-corrected chi connectivity index (χ0v) is 23.8. The van der Waals surface area contributed by atoms with Gasteiger partial charge in [0.15, 0.2) is 0 Å². The van der Waals surface area contributed by atoms with Crippen molar-refractivity contribution < 1.29 is 31.9 Å². The van der Waals surface area contributed by atoms with E-state index in [1.54, 1.807) is 41.5 Å². The van der Waals surface area contributed by atoms with Gasteiger partial charge in [0.1, 0.15) is 22.6 Å². The van der Waals surface area contributed by atoms with Gasteiger partial charge in [-0.25, -0.2) is 8.42 Å². The molecule has 12 heteroatoms. The summed E-state index contributed by atoms with van der Waals surface area (Å²) in [5, 5.41) is 2.61. The van der Waals surface area contributed by atoms with E-state index in [2.05, 4.69) is 10.0 Å². The number of amides is 2. The number of carbonyl (C=O) groups excluding carboxylic acids is 2. The molecule has 212 valence electrons. The quantitative estimate of drug-likeness (QED) is 0.259. The Hall–Kier alpha value is -4.42. The van der Waals surface area contributed by atoms with Crippen LogP contribution in [0.3, 0.4) is 0 Å². The maximum atomic E-state index is 13.0. The van der Waals surface area contributed by atoms with Crippen LogP contribution in [0.5, 0.6) is 11.5 Å². The summed E-state index contributed by atoms with van der Waals surface area (Å²) < 4.78 is 44.3. The van der Waals surface area contributed by atoms with Gasteiger partial charge in [0.25, 0.3) is 15.9 Å². The predicted octanol–water partition coefficient (Wildman–Crippen LogP) is 5.12. The van der Waals surface area contributed by atoms with E-state index in [1.165, 1.54) is 56.3 Å². The minimum Gasteiger partial charge on any atom is -0.497 e. The summed E-state index contributed by atoms with van der Waals surface area (Å²) in [5.41, 5.74) is 1.98. The summed E-state index contributed by atoms with van der Waals surface area (Å²) in [4.78, 5) is 27.1. The van der Waals surface area contributed by atoms with E-state index in [0.29, 0.717) is 40.8 Å². The molecule has 5 rings (SSSR count). The van der Waals surface area contributed by atoms with Gasteiger partial charge in [0.05, 0.1) is 43.4 Å². The number of hydrogen-bond acceptors (Lipinski definition) is 8. The van der Waals surface area contributed by atoms with Gasteiger partial charge in [0, 0.05) is 17.3 Å². The highest BCUT2D eigenvalue weighted by Crippen LogP contribution is 2.39. The lowest BCUT2D eigenvalue weighted by atomic mass is 10.1. The molecule has 0 spiro atoms. The lowest BCUT2D eigenvalue weighted by Crippen LogP contribution is -2.27. The van der Waals surface area contributed by atoms with Gasteiger partial charge in [-0.1, -0.05) is 12.1 Å². The number of anilines is 2. The van der Waals surface area contributed by atoms with Crippen molar-refractivity contribution in [3.8, 4) is 11.5 Å². The molecule has 2 heterocycles. The number of hydrogen-bond donors (Lipinski definition) is 2. The summed E-state index contributed by atoms with van der Waals surface area (Å²) in [5.74, 6) is 1.57. The van der Waals surface area contributed by atoms with Crippen molar-refractivity contribution in [2.24, 2.45) is 0 Å². The first-order valence-electron chi connectivity index (χ1n) is 12.5. The van der Waals surface area contributed by atoms with E-state index in [0.717, 1.165) is 5.56 Å². The molecule has 0 unspecified atom stereocenters. The third kappa shape index (κ3) is 6.34. The SMILES string of the molecule is COc1ccc(OC)c(NS(=O)(=O)c2ccc(NC(=O)c3ccc([C@H]4SCC(=O)N4Cc4ccco4)cc3)cc2)c1. The van der Waals surface area contributed by atoms with Gasteiger partial charge >= 0.3 is 0 Å². The van der Waals surface area contributed by atoms with Gasteiger partial charge < -0.3 is 24.1 Å². The van der Waals surface area contributed by atoms with E-state index >= 15 is 0 Å². The summed E-state index contributed by atoms with van der Waals surface area (Å²) >= 11 is 1.52. The highest BCUT2D eigenvalue weighted by Gasteiger charge is 2.33. The smallest absolute Gasteiger partial charge is 0.262 e. The molecule has 1 fully saturated rings. The van der Waals surface area contributed by atoms with Crippen molar-refractivity contribution in [3.05, 3.63) is 102 Å². The minimum absolute atomic E-state index is 0.00689. The molecular weight excluding hydrogens is 566 g/mol. The van der Waals surface area contributed by atoms with Crippen molar-refractivity contribution in [1.82, 2.24) is 4.90 Å². The third-order valence-corrected chi connectivity index (χ3v) is 9.04. The number of ether oxygens (including phenoxy) is 2. The molecule has 1 aliphatic rings. The summed E-state index contributed by atoms with van der Waals surface area (Å²) in [6.45, 7) is 0.375. The van der Waals surface area contributed by atoms with Crippen LogP contribution in [0.1, 0.15) is 27.1 Å². The molecule has 10 nitrogen and oxygen atoms in total. The van der Waals surface area contributed by atoms with Gasteiger partial charge in [-0.2, -0.15) is 0 Å². The van der Waals surface area contributed by atoms with E-state index < -0.39 is 10.0 Å². The van der Waals surface area contributed by atoms with Crippen LogP contribution in [0.25, 0.3) is 0 Å². The Balaban J connectivity index is 1.24. The molecule has 2 amide bonds. The monoisotopic (exact) mass is 593 g/mol. The molecule has 0 bridgehead atoms. The zero-order chi connectivity index (χ0) is 29.0. The molecule has 0 aliphatic carbocycles. The third-order valence-electron chi connectivity index (χ3n) is 6.41. The highest BCUT2D eigenvalue weighted by molar-refractivity contribution is 8.00.